The summed E-state index contributed by atoms with van der Waals surface area (Å²) < 4.78 is 1.29. The van der Waals surface area contributed by atoms with E-state index in [-0.39, 0.29) is 11.1 Å². The van der Waals surface area contributed by atoms with Gasteiger partial charge in [0.25, 0.3) is 5.56 Å². The molecule has 0 amide bonds. The molecule has 1 aromatic carbocycles. The summed E-state index contributed by atoms with van der Waals surface area (Å²) in [6.07, 6.45) is 5.15. The molecule has 1 aromatic heterocycles. The lowest BCUT2D eigenvalue weighted by Gasteiger charge is -2.06. The Hall–Kier alpha value is -2.67. The summed E-state index contributed by atoms with van der Waals surface area (Å²) in [4.78, 5) is 12.3. The molecule has 0 aliphatic heterocycles. The minimum absolute atomic E-state index is 0.150. The number of benzene rings is 1. The van der Waals surface area contributed by atoms with Crippen LogP contribution in [-0.2, 0) is 12.8 Å². The van der Waals surface area contributed by atoms with Crippen LogP contribution in [0.5, 0.6) is 0 Å². The van der Waals surface area contributed by atoms with Crippen LogP contribution in [-0.4, -0.2) is 10.9 Å². The Kier molecular flexibility index (Phi) is 3.64. The number of nitrogens with zero attached hydrogens (tertiary/aromatic N) is 3. The van der Waals surface area contributed by atoms with Gasteiger partial charge < -0.3 is 0 Å². The highest BCUT2D eigenvalue weighted by atomic mass is 16.1. The van der Waals surface area contributed by atoms with Crippen molar-refractivity contribution in [2.45, 2.75) is 33.1 Å². The molecule has 0 atom stereocenters. The Morgan fingerprint density at radius 3 is 2.77 bits per heavy atom. The summed E-state index contributed by atoms with van der Waals surface area (Å²) in [5.74, 6) is 0. The highest BCUT2D eigenvalue weighted by Crippen LogP contribution is 2.22. The van der Waals surface area contributed by atoms with E-state index in [0.29, 0.717) is 5.56 Å². The molecule has 1 heterocycles. The minimum atomic E-state index is -0.364. The van der Waals surface area contributed by atoms with Crippen molar-refractivity contribution < 1.29 is 0 Å². The van der Waals surface area contributed by atoms with Crippen LogP contribution >= 0.6 is 0 Å². The van der Waals surface area contributed by atoms with E-state index in [4.69, 9.17) is 5.26 Å². The third kappa shape index (κ3) is 2.46. The van der Waals surface area contributed by atoms with Crippen LogP contribution in [0.15, 0.2) is 34.2 Å². The van der Waals surface area contributed by atoms with E-state index in [1.807, 2.05) is 19.1 Å². The van der Waals surface area contributed by atoms with Crippen LogP contribution in [0.25, 0.3) is 0 Å². The molecular weight excluding hydrogens is 274 g/mol. The number of nitriles is 1. The molecule has 22 heavy (non-hydrogen) atoms. The van der Waals surface area contributed by atoms with Gasteiger partial charge >= 0.3 is 0 Å². The van der Waals surface area contributed by atoms with E-state index < -0.39 is 0 Å². The number of pyridine rings is 1. The molecule has 0 spiro atoms. The zero-order valence-corrected chi connectivity index (χ0v) is 12.8. The molecule has 0 bridgehead atoms. The van der Waals surface area contributed by atoms with Crippen molar-refractivity contribution >= 4 is 6.21 Å². The third-order valence-electron chi connectivity index (χ3n) is 4.12. The Morgan fingerprint density at radius 2 is 2.00 bits per heavy atom. The Labute approximate surface area is 129 Å². The molecule has 4 nitrogen and oxygen atoms in total. The van der Waals surface area contributed by atoms with Gasteiger partial charge in [-0.1, -0.05) is 12.1 Å². The van der Waals surface area contributed by atoms with Gasteiger partial charge in [-0.2, -0.15) is 10.4 Å². The number of aryl methyl sites for hydroxylation is 4. The highest BCUT2D eigenvalue weighted by molar-refractivity contribution is 5.80. The lowest BCUT2D eigenvalue weighted by atomic mass is 10.1. The van der Waals surface area contributed by atoms with Crippen LogP contribution in [0.4, 0.5) is 0 Å². The largest absolute Gasteiger partial charge is 0.289 e. The van der Waals surface area contributed by atoms with Crippen molar-refractivity contribution in [3.05, 3.63) is 68.1 Å². The number of fused-ring (bicyclic) bond motifs is 1. The molecule has 4 heteroatoms. The van der Waals surface area contributed by atoms with E-state index in [1.54, 1.807) is 19.2 Å². The van der Waals surface area contributed by atoms with E-state index in [9.17, 15) is 4.79 Å². The fraction of sp³-hybridized carbons (Fsp3) is 0.278. The normalized spacial score (nSPS) is 13.3. The first-order valence-corrected chi connectivity index (χ1v) is 7.39. The van der Waals surface area contributed by atoms with Gasteiger partial charge in [-0.05, 0) is 67.5 Å². The molecular formula is C18H17N3O. The van der Waals surface area contributed by atoms with Crippen LogP contribution in [0.1, 0.15) is 39.9 Å². The van der Waals surface area contributed by atoms with Crippen molar-refractivity contribution in [1.82, 2.24) is 4.68 Å². The first-order chi connectivity index (χ1) is 10.6. The zero-order valence-electron chi connectivity index (χ0n) is 12.8. The summed E-state index contributed by atoms with van der Waals surface area (Å²) in [7, 11) is 0. The maximum atomic E-state index is 12.3. The summed E-state index contributed by atoms with van der Waals surface area (Å²) >= 11 is 0. The van der Waals surface area contributed by atoms with Gasteiger partial charge in [0.15, 0.2) is 0 Å². The molecule has 0 unspecified atom stereocenters. The molecule has 2 aromatic rings. The fourth-order valence-electron chi connectivity index (χ4n) is 2.96. The molecule has 110 valence electrons. The Balaban J connectivity index is 2.00. The first-order valence-electron chi connectivity index (χ1n) is 7.39. The van der Waals surface area contributed by atoms with Gasteiger partial charge in [0.05, 0.1) is 6.21 Å². The smallest absolute Gasteiger partial charge is 0.266 e. The number of hydrogen-bond acceptors (Lipinski definition) is 3. The Morgan fingerprint density at radius 1 is 1.23 bits per heavy atom. The van der Waals surface area contributed by atoms with Gasteiger partial charge in [0, 0.05) is 5.69 Å². The summed E-state index contributed by atoms with van der Waals surface area (Å²) in [5, 5.41) is 13.4. The van der Waals surface area contributed by atoms with Crippen LogP contribution in [0.3, 0.4) is 0 Å². The number of hydrogen-bond donors (Lipinski definition) is 0. The molecule has 0 radical (unpaired) electrons. The maximum absolute atomic E-state index is 12.3. The van der Waals surface area contributed by atoms with Gasteiger partial charge in [0.1, 0.15) is 11.6 Å². The quantitative estimate of drug-likeness (QED) is 0.799. The lowest BCUT2D eigenvalue weighted by Crippen LogP contribution is -2.22. The molecule has 3 rings (SSSR count). The van der Waals surface area contributed by atoms with Gasteiger partial charge in [0.2, 0.25) is 0 Å². The predicted molar refractivity (Wildman–Crippen MR) is 86.4 cm³/mol. The topological polar surface area (TPSA) is 58.1 Å². The van der Waals surface area contributed by atoms with Crippen molar-refractivity contribution in [3.8, 4) is 6.07 Å². The van der Waals surface area contributed by atoms with Gasteiger partial charge in [-0.15, -0.1) is 0 Å². The second-order valence-electron chi connectivity index (χ2n) is 5.70. The molecule has 0 saturated heterocycles. The van der Waals surface area contributed by atoms with Gasteiger partial charge in [-0.25, -0.2) is 4.68 Å². The molecule has 0 fully saturated rings. The fourth-order valence-corrected chi connectivity index (χ4v) is 2.96. The van der Waals surface area contributed by atoms with Crippen LogP contribution in [0, 0.1) is 25.2 Å². The molecule has 1 aliphatic carbocycles. The Bertz CT molecular complexity index is 869. The van der Waals surface area contributed by atoms with Crippen LogP contribution < -0.4 is 5.56 Å². The third-order valence-corrected chi connectivity index (χ3v) is 4.12. The SMILES string of the molecule is Cc1cc(C)n(N=Cc2ccc3c(c2)CCC3)c(=O)c1C#N. The van der Waals surface area contributed by atoms with E-state index >= 15 is 0 Å². The zero-order chi connectivity index (χ0) is 15.7. The molecule has 0 saturated carbocycles. The summed E-state index contributed by atoms with van der Waals surface area (Å²) in [5.41, 5.74) is 4.95. The van der Waals surface area contributed by atoms with Crippen molar-refractivity contribution in [2.24, 2.45) is 5.10 Å². The molecule has 0 N–H and O–H groups in total. The summed E-state index contributed by atoms with van der Waals surface area (Å²) in [6.45, 7) is 3.58. The van der Waals surface area contributed by atoms with Crippen LogP contribution in [0.2, 0.25) is 0 Å². The maximum Gasteiger partial charge on any atom is 0.289 e. The van der Waals surface area contributed by atoms with Crippen molar-refractivity contribution in [1.29, 1.82) is 5.26 Å². The first kappa shape index (κ1) is 14.3. The number of rotatable bonds is 2. The predicted octanol–water partition coefficient (Wildman–Crippen LogP) is 2.71. The van der Waals surface area contributed by atoms with E-state index in [2.05, 4.69) is 17.2 Å². The van der Waals surface area contributed by atoms with E-state index in [0.717, 1.165) is 24.1 Å². The number of aromatic nitrogens is 1. The van der Waals surface area contributed by atoms with E-state index in [1.165, 1.54) is 22.2 Å². The monoisotopic (exact) mass is 291 g/mol. The van der Waals surface area contributed by atoms with Crippen molar-refractivity contribution in [3.63, 3.8) is 0 Å². The lowest BCUT2D eigenvalue weighted by molar-refractivity contribution is 0.786. The highest BCUT2D eigenvalue weighted by Gasteiger charge is 2.11. The standard InChI is InChI=1S/C18H17N3O/c1-12-8-13(2)21(18(22)17(12)10-19)20-11-14-6-7-15-4-3-5-16(15)9-14/h6-9,11H,3-5H2,1-2H3. The average Bonchev–Trinajstić information content (AvgIpc) is 2.94. The minimum Gasteiger partial charge on any atom is -0.266 e. The molecule has 1 aliphatic rings. The summed E-state index contributed by atoms with van der Waals surface area (Å²) in [6, 6.07) is 10.0. The average molecular weight is 291 g/mol. The van der Waals surface area contributed by atoms with Gasteiger partial charge in [-0.3, -0.25) is 4.79 Å². The second-order valence-corrected chi connectivity index (χ2v) is 5.70. The second kappa shape index (κ2) is 5.61. The van der Waals surface area contributed by atoms with Crippen molar-refractivity contribution in [2.75, 3.05) is 0 Å².